The molecule has 1 N–H and O–H groups in total. The van der Waals surface area contributed by atoms with E-state index >= 15 is 0 Å². The van der Waals surface area contributed by atoms with Gasteiger partial charge in [0.25, 0.3) is 0 Å². The van der Waals surface area contributed by atoms with Crippen molar-refractivity contribution in [3.05, 3.63) is 23.0 Å². The van der Waals surface area contributed by atoms with Gasteiger partial charge in [0.1, 0.15) is 16.5 Å². The summed E-state index contributed by atoms with van der Waals surface area (Å²) < 4.78 is 46.6. The molecule has 0 heterocycles. The molecule has 5 atom stereocenters. The second kappa shape index (κ2) is 7.97. The number of carboxylic acids is 1. The van der Waals surface area contributed by atoms with E-state index in [1.54, 1.807) is 0 Å². The van der Waals surface area contributed by atoms with Gasteiger partial charge in [-0.3, -0.25) is 4.79 Å². The third kappa shape index (κ3) is 4.07. The highest BCUT2D eigenvalue weighted by Crippen LogP contribution is 2.50. The number of aliphatic carboxylic acids is 1. The molecule has 3 aliphatic rings. The largest absolute Gasteiger partial charge is 0.491 e. The minimum absolute atomic E-state index is 0.00714. The molecule has 3 fully saturated rings. The molecular formula is C22H28ClFO5S. The van der Waals surface area contributed by atoms with Crippen LogP contribution in [0.5, 0.6) is 5.75 Å². The lowest BCUT2D eigenvalue weighted by molar-refractivity contribution is -0.141. The monoisotopic (exact) mass is 458 g/mol. The van der Waals surface area contributed by atoms with Crippen molar-refractivity contribution in [1.29, 1.82) is 0 Å². The number of hydrogen-bond donors (Lipinski definition) is 1. The first-order chi connectivity index (χ1) is 14.1. The Hall–Kier alpha value is -1.34. The average Bonchev–Trinajstić information content (AvgIpc) is 3.29. The second-order valence-electron chi connectivity index (χ2n) is 9.72. The SMILES string of the molecule is CC1(COc2cc(F)c(S(=O)(=O)[C@@H]3CCC[C@H]3C(=O)O)cc2Cl)C[C@@H]2CC[C@@H](C2)C1. The molecule has 5 nitrogen and oxygen atoms in total. The zero-order valence-electron chi connectivity index (χ0n) is 17.1. The highest BCUT2D eigenvalue weighted by Gasteiger charge is 2.44. The molecule has 2 bridgehead atoms. The quantitative estimate of drug-likeness (QED) is 0.641. The number of benzene rings is 1. The number of fused-ring (bicyclic) bond motifs is 2. The average molecular weight is 459 g/mol. The number of sulfone groups is 1. The van der Waals surface area contributed by atoms with Gasteiger partial charge in [-0.05, 0) is 50.0 Å². The van der Waals surface area contributed by atoms with E-state index in [4.69, 9.17) is 16.3 Å². The highest BCUT2D eigenvalue weighted by atomic mass is 35.5. The van der Waals surface area contributed by atoms with Crippen LogP contribution >= 0.6 is 11.6 Å². The molecule has 3 saturated carbocycles. The molecular weight excluding hydrogens is 431 g/mol. The molecule has 0 saturated heterocycles. The lowest BCUT2D eigenvalue weighted by Gasteiger charge is -2.37. The first-order valence-electron chi connectivity index (χ1n) is 10.7. The fourth-order valence-electron chi connectivity index (χ4n) is 5.98. The van der Waals surface area contributed by atoms with E-state index in [0.717, 1.165) is 36.8 Å². The zero-order chi connectivity index (χ0) is 21.7. The molecule has 4 rings (SSSR count). The van der Waals surface area contributed by atoms with Crippen molar-refractivity contribution in [3.63, 3.8) is 0 Å². The van der Waals surface area contributed by atoms with Crippen molar-refractivity contribution in [2.24, 2.45) is 23.2 Å². The van der Waals surface area contributed by atoms with Crippen LogP contribution in [-0.4, -0.2) is 31.4 Å². The second-order valence-corrected chi connectivity index (χ2v) is 12.3. The van der Waals surface area contributed by atoms with Crippen molar-refractivity contribution < 1.29 is 27.4 Å². The van der Waals surface area contributed by atoms with E-state index in [2.05, 4.69) is 6.92 Å². The summed E-state index contributed by atoms with van der Waals surface area (Å²) in [7, 11) is -4.15. The number of rotatable bonds is 6. The maximum atomic E-state index is 14.8. The van der Waals surface area contributed by atoms with Gasteiger partial charge in [-0.15, -0.1) is 0 Å². The predicted molar refractivity (Wildman–Crippen MR) is 111 cm³/mol. The molecule has 1 aromatic carbocycles. The van der Waals surface area contributed by atoms with Crippen molar-refractivity contribution in [1.82, 2.24) is 0 Å². The molecule has 0 spiro atoms. The number of carbonyl (C=O) groups is 1. The Kier molecular flexibility index (Phi) is 5.81. The van der Waals surface area contributed by atoms with Gasteiger partial charge in [0.2, 0.25) is 0 Å². The summed E-state index contributed by atoms with van der Waals surface area (Å²) >= 11 is 6.27. The summed E-state index contributed by atoms with van der Waals surface area (Å²) in [6.07, 6.45) is 6.93. The van der Waals surface area contributed by atoms with Crippen LogP contribution in [0.25, 0.3) is 0 Å². The van der Waals surface area contributed by atoms with E-state index in [1.807, 2.05) is 0 Å². The standard InChI is InChI=1S/C22H28ClFO5S/c1-22(10-13-5-6-14(7-13)11-22)12-29-18-9-17(24)20(8-16(18)23)30(27,28)19-4-2-3-15(19)21(25)26/h8-9,13-15,19H,2-7,10-12H2,1H3,(H,25,26)/t13-,14+,15-,19-,22?/m1/s1. The van der Waals surface area contributed by atoms with E-state index in [1.165, 1.54) is 19.3 Å². The minimum Gasteiger partial charge on any atom is -0.491 e. The van der Waals surface area contributed by atoms with Crippen LogP contribution in [0.15, 0.2) is 17.0 Å². The molecule has 8 heteroatoms. The molecule has 0 aromatic heterocycles. The molecule has 3 aliphatic carbocycles. The Labute approximate surface area is 181 Å². The van der Waals surface area contributed by atoms with Crippen LogP contribution in [0.1, 0.15) is 58.3 Å². The van der Waals surface area contributed by atoms with Gasteiger partial charge < -0.3 is 9.84 Å². The van der Waals surface area contributed by atoms with Crippen LogP contribution < -0.4 is 4.74 Å². The van der Waals surface area contributed by atoms with Gasteiger partial charge in [0.15, 0.2) is 9.84 Å². The number of carboxylic acid groups (broad SMARTS) is 1. The lowest BCUT2D eigenvalue weighted by atomic mass is 9.71. The third-order valence-corrected chi connectivity index (χ3v) is 9.83. The number of ether oxygens (including phenoxy) is 1. The maximum absolute atomic E-state index is 14.8. The van der Waals surface area contributed by atoms with Crippen molar-refractivity contribution >= 4 is 27.4 Å². The Balaban J connectivity index is 1.53. The molecule has 1 unspecified atom stereocenters. The summed E-state index contributed by atoms with van der Waals surface area (Å²) in [4.78, 5) is 10.9. The minimum atomic E-state index is -4.15. The predicted octanol–water partition coefficient (Wildman–Crippen LogP) is 5.10. The summed E-state index contributed by atoms with van der Waals surface area (Å²) in [5, 5.41) is 8.21. The van der Waals surface area contributed by atoms with Gasteiger partial charge in [-0.1, -0.05) is 37.8 Å². The van der Waals surface area contributed by atoms with Crippen LogP contribution in [0.4, 0.5) is 4.39 Å². The third-order valence-electron chi connectivity index (χ3n) is 7.25. The number of hydrogen-bond acceptors (Lipinski definition) is 4. The Morgan fingerprint density at radius 1 is 1.23 bits per heavy atom. The number of halogens is 2. The van der Waals surface area contributed by atoms with Crippen LogP contribution in [0.2, 0.25) is 5.02 Å². The zero-order valence-corrected chi connectivity index (χ0v) is 18.6. The van der Waals surface area contributed by atoms with Gasteiger partial charge in [0.05, 0.1) is 22.8 Å². The van der Waals surface area contributed by atoms with Gasteiger partial charge in [-0.25, -0.2) is 12.8 Å². The molecule has 0 radical (unpaired) electrons. The summed E-state index contributed by atoms with van der Waals surface area (Å²) in [5.41, 5.74) is 0.00714. The Morgan fingerprint density at radius 3 is 2.53 bits per heavy atom. The Bertz CT molecular complexity index is 935. The fourth-order valence-corrected chi connectivity index (χ4v) is 8.36. The van der Waals surface area contributed by atoms with Crippen molar-refractivity contribution in [2.45, 2.75) is 68.4 Å². The van der Waals surface area contributed by atoms with Crippen LogP contribution in [0.3, 0.4) is 0 Å². The van der Waals surface area contributed by atoms with Gasteiger partial charge in [0, 0.05) is 11.5 Å². The first-order valence-corrected chi connectivity index (χ1v) is 12.6. The molecule has 1 aromatic rings. The van der Waals surface area contributed by atoms with Gasteiger partial charge >= 0.3 is 5.97 Å². The van der Waals surface area contributed by atoms with Crippen molar-refractivity contribution in [2.75, 3.05) is 6.61 Å². The molecule has 0 aliphatic heterocycles. The van der Waals surface area contributed by atoms with Crippen LogP contribution in [-0.2, 0) is 14.6 Å². The Morgan fingerprint density at radius 2 is 1.90 bits per heavy atom. The first kappa shape index (κ1) is 21.9. The van der Waals surface area contributed by atoms with E-state index in [-0.39, 0.29) is 29.0 Å². The maximum Gasteiger partial charge on any atom is 0.307 e. The van der Waals surface area contributed by atoms with Gasteiger partial charge in [-0.2, -0.15) is 0 Å². The molecule has 30 heavy (non-hydrogen) atoms. The topological polar surface area (TPSA) is 80.7 Å². The van der Waals surface area contributed by atoms with E-state index in [9.17, 15) is 22.7 Å². The summed E-state index contributed by atoms with van der Waals surface area (Å²) in [6.45, 7) is 2.60. The molecule has 166 valence electrons. The smallest absolute Gasteiger partial charge is 0.307 e. The summed E-state index contributed by atoms with van der Waals surface area (Å²) in [6, 6.07) is 2.10. The fraction of sp³-hybridized carbons (Fsp3) is 0.682. The van der Waals surface area contributed by atoms with E-state index in [0.29, 0.717) is 13.0 Å². The van der Waals surface area contributed by atoms with Crippen LogP contribution in [0, 0.1) is 29.0 Å². The van der Waals surface area contributed by atoms with E-state index < -0.39 is 37.7 Å². The molecule has 0 amide bonds. The lowest BCUT2D eigenvalue weighted by Crippen LogP contribution is -2.32. The normalized spacial score (nSPS) is 33.6. The van der Waals surface area contributed by atoms with Crippen molar-refractivity contribution in [3.8, 4) is 5.75 Å². The highest BCUT2D eigenvalue weighted by molar-refractivity contribution is 7.92. The summed E-state index contributed by atoms with van der Waals surface area (Å²) in [5.74, 6) is -1.54.